The molecule has 168 valence electrons. The summed E-state index contributed by atoms with van der Waals surface area (Å²) < 4.78 is 10.7. The van der Waals surface area contributed by atoms with E-state index in [1.165, 1.54) is 12.0 Å². The average Bonchev–Trinajstić information content (AvgIpc) is 2.97. The Bertz CT molecular complexity index is 775. The van der Waals surface area contributed by atoms with Crippen molar-refractivity contribution in [2.24, 2.45) is 0 Å². The normalized spacial score (nSPS) is 12.4. The molecule has 0 atom stereocenters. The molecule has 0 aromatic heterocycles. The van der Waals surface area contributed by atoms with Crippen LogP contribution in [0.25, 0.3) is 5.57 Å². The zero-order valence-electron chi connectivity index (χ0n) is 20.7. The Kier molecular flexibility index (Phi) is 11.5. The van der Waals surface area contributed by atoms with E-state index in [0.29, 0.717) is 5.69 Å². The second-order valence-electron chi connectivity index (χ2n) is 9.22. The topological polar surface area (TPSA) is 67.9 Å². The van der Waals surface area contributed by atoms with Crippen molar-refractivity contribution in [1.29, 1.82) is 0 Å². The smallest absolute Gasteiger partial charge is 0.443 e. The van der Waals surface area contributed by atoms with Gasteiger partial charge in [-0.25, -0.2) is 15.0 Å². The first-order chi connectivity index (χ1) is 13.8. The number of ether oxygens (including phenoxy) is 2. The monoisotopic (exact) mass is 424 g/mol. The molecule has 1 aromatic carbocycles. The molecule has 0 unspecified atom stereocenters. The number of carbonyl (C=O) groups is 2. The number of allylic oxidation sites excluding steroid dienone is 2. The van der Waals surface area contributed by atoms with Gasteiger partial charge in [-0.2, -0.15) is 11.4 Å². The Labute approximate surface area is 199 Å². The van der Waals surface area contributed by atoms with Gasteiger partial charge < -0.3 is 16.4 Å². The minimum Gasteiger partial charge on any atom is -0.443 e. The third-order valence-electron chi connectivity index (χ3n) is 3.94. The fourth-order valence-electron chi connectivity index (χ4n) is 2.54. The minimum absolute atomic E-state index is 0. The largest absolute Gasteiger partial charge is 1.00 e. The summed E-state index contributed by atoms with van der Waals surface area (Å²) in [6.45, 7) is 18.3. The predicted molar refractivity (Wildman–Crippen MR) is 122 cm³/mol. The Morgan fingerprint density at radius 3 is 2.13 bits per heavy atom. The Morgan fingerprint density at radius 1 is 1.10 bits per heavy atom. The maximum Gasteiger partial charge on any atom is 1.00 e. The van der Waals surface area contributed by atoms with Gasteiger partial charge >= 0.3 is 31.0 Å². The number of nitrogens with zero attached hydrogens (tertiary/aromatic N) is 1. The van der Waals surface area contributed by atoms with Crippen LogP contribution in [0.5, 0.6) is 0 Å². The fourth-order valence-corrected chi connectivity index (χ4v) is 2.54. The second kappa shape index (κ2) is 12.2. The molecule has 0 fully saturated rings. The maximum absolute atomic E-state index is 12.7. The van der Waals surface area contributed by atoms with Crippen LogP contribution in [0.2, 0.25) is 0 Å². The van der Waals surface area contributed by atoms with Gasteiger partial charge in [-0.1, -0.05) is 25.5 Å². The number of hydrazine groups is 1. The number of carbonyl (C=O) groups excluding carboxylic acids is 2. The van der Waals surface area contributed by atoms with Gasteiger partial charge in [-0.3, -0.25) is 0 Å². The summed E-state index contributed by atoms with van der Waals surface area (Å²) in [5.74, 6) is 0. The molecule has 0 heterocycles. The van der Waals surface area contributed by atoms with Crippen molar-refractivity contribution in [3.05, 3.63) is 42.3 Å². The molecule has 0 bridgehead atoms. The van der Waals surface area contributed by atoms with E-state index in [9.17, 15) is 9.59 Å². The molecule has 1 N–H and O–H groups in total. The van der Waals surface area contributed by atoms with Crippen molar-refractivity contribution in [1.82, 2.24) is 5.43 Å². The summed E-state index contributed by atoms with van der Waals surface area (Å²) in [5, 5.41) is 1.09. The van der Waals surface area contributed by atoms with E-state index in [4.69, 9.17) is 9.47 Å². The summed E-state index contributed by atoms with van der Waals surface area (Å²) in [6.07, 6.45) is 3.88. The standard InChI is InChI=1S/C20H28N2O4.C4H9.Li/c1-13-8-9-14-10-11-15(12-16(13)14)22(18(24)26-20(5,6)7)21-17(23)25-19(2,3)4;1-3-4-2;/h8,10-12H,9H2,1-7H3,(H,21,23);1,3-4H2,2H3;/q;-1;+1. The molecule has 1 aliphatic rings. The van der Waals surface area contributed by atoms with Crippen molar-refractivity contribution < 1.29 is 37.9 Å². The van der Waals surface area contributed by atoms with Crippen molar-refractivity contribution in [3.8, 4) is 0 Å². The Hall–Kier alpha value is -1.90. The van der Waals surface area contributed by atoms with Crippen LogP contribution in [0.1, 0.15) is 79.4 Å². The third kappa shape index (κ3) is 10.3. The van der Waals surface area contributed by atoms with Gasteiger partial charge in [-0.15, -0.1) is 0 Å². The Morgan fingerprint density at radius 2 is 1.65 bits per heavy atom. The molecular weight excluding hydrogens is 387 g/mol. The van der Waals surface area contributed by atoms with Crippen LogP contribution in [0.3, 0.4) is 0 Å². The number of benzene rings is 1. The van der Waals surface area contributed by atoms with Crippen LogP contribution < -0.4 is 29.3 Å². The molecule has 31 heavy (non-hydrogen) atoms. The molecule has 1 aliphatic carbocycles. The summed E-state index contributed by atoms with van der Waals surface area (Å²) in [6, 6.07) is 5.60. The van der Waals surface area contributed by atoms with Gasteiger partial charge in [-0.05, 0) is 83.7 Å². The summed E-state index contributed by atoms with van der Waals surface area (Å²) >= 11 is 0. The molecule has 0 radical (unpaired) electrons. The van der Waals surface area contributed by atoms with E-state index in [1.807, 2.05) is 19.1 Å². The van der Waals surface area contributed by atoms with Gasteiger partial charge in [0.05, 0.1) is 5.69 Å². The SMILES string of the molecule is CC1=CCc2ccc(N(NC(=O)OC(C)(C)C)C(=O)OC(C)(C)C)cc21.[CH2-]CCC.[Li+]. The van der Waals surface area contributed by atoms with Crippen LogP contribution in [0.4, 0.5) is 15.3 Å². The van der Waals surface area contributed by atoms with E-state index in [-0.39, 0.29) is 18.9 Å². The number of hydrogen-bond donors (Lipinski definition) is 1. The number of nitrogens with one attached hydrogen (secondary N) is 1. The molecule has 7 heteroatoms. The van der Waals surface area contributed by atoms with E-state index < -0.39 is 23.4 Å². The quantitative estimate of drug-likeness (QED) is 0.449. The van der Waals surface area contributed by atoms with E-state index in [0.717, 1.165) is 29.0 Å². The summed E-state index contributed by atoms with van der Waals surface area (Å²) in [7, 11) is 0. The van der Waals surface area contributed by atoms with Gasteiger partial charge in [0.15, 0.2) is 0 Å². The maximum atomic E-state index is 12.7. The number of unbranched alkanes of at least 4 members (excludes halogenated alkanes) is 1. The van der Waals surface area contributed by atoms with Crippen LogP contribution >= 0.6 is 0 Å². The number of hydrogen-bond acceptors (Lipinski definition) is 4. The summed E-state index contributed by atoms with van der Waals surface area (Å²) in [5.41, 5.74) is 5.02. The van der Waals surface area contributed by atoms with Gasteiger partial charge in [0.2, 0.25) is 0 Å². The van der Waals surface area contributed by atoms with Crippen LogP contribution in [-0.2, 0) is 15.9 Å². The first-order valence-corrected chi connectivity index (χ1v) is 10.4. The zero-order valence-corrected chi connectivity index (χ0v) is 20.7. The minimum atomic E-state index is -0.726. The first kappa shape index (κ1) is 29.1. The van der Waals surface area contributed by atoms with E-state index >= 15 is 0 Å². The number of amides is 2. The molecule has 0 saturated carbocycles. The van der Waals surface area contributed by atoms with E-state index in [1.54, 1.807) is 47.6 Å². The summed E-state index contributed by atoms with van der Waals surface area (Å²) in [4.78, 5) is 24.9. The Balaban J connectivity index is 0.00000165. The van der Waals surface area contributed by atoms with Crippen LogP contribution in [-0.4, -0.2) is 23.4 Å². The van der Waals surface area contributed by atoms with Crippen molar-refractivity contribution in [3.63, 3.8) is 0 Å². The molecule has 2 amide bonds. The number of fused-ring (bicyclic) bond motifs is 1. The molecule has 0 saturated heterocycles. The molecular formula is C24H37LiN2O4. The van der Waals surface area contributed by atoms with Crippen LogP contribution in [0, 0.1) is 6.92 Å². The van der Waals surface area contributed by atoms with Gasteiger partial charge in [0, 0.05) is 0 Å². The van der Waals surface area contributed by atoms with E-state index in [2.05, 4.69) is 25.3 Å². The van der Waals surface area contributed by atoms with Crippen molar-refractivity contribution in [2.75, 3.05) is 5.01 Å². The molecule has 6 nitrogen and oxygen atoms in total. The van der Waals surface area contributed by atoms with Crippen molar-refractivity contribution in [2.45, 2.75) is 85.9 Å². The van der Waals surface area contributed by atoms with Crippen molar-refractivity contribution >= 4 is 23.4 Å². The first-order valence-electron chi connectivity index (χ1n) is 10.4. The molecule has 0 spiro atoms. The zero-order chi connectivity index (χ0) is 23.1. The average molecular weight is 425 g/mol. The second-order valence-corrected chi connectivity index (χ2v) is 9.22. The third-order valence-corrected chi connectivity index (χ3v) is 3.94. The van der Waals surface area contributed by atoms with Crippen LogP contribution in [0.15, 0.2) is 24.3 Å². The number of rotatable bonds is 2. The molecule has 0 aliphatic heterocycles. The number of anilines is 1. The van der Waals surface area contributed by atoms with Gasteiger partial charge in [0.25, 0.3) is 0 Å². The fraction of sp³-hybridized carbons (Fsp3) is 0.542. The predicted octanol–water partition coefficient (Wildman–Crippen LogP) is 3.45. The molecule has 2 rings (SSSR count). The molecule has 1 aromatic rings. The van der Waals surface area contributed by atoms with Gasteiger partial charge in [0.1, 0.15) is 11.2 Å².